The molecule has 4 nitrogen and oxygen atoms in total. The van der Waals surface area contributed by atoms with Gasteiger partial charge in [-0.1, -0.05) is 15.9 Å². The molecule has 0 saturated carbocycles. The number of halogens is 2. The molecule has 92 valence electrons. The lowest BCUT2D eigenvalue weighted by Crippen LogP contribution is -2.05. The van der Waals surface area contributed by atoms with Gasteiger partial charge in [-0.3, -0.25) is 0 Å². The number of rotatable bonds is 3. The Labute approximate surface area is 111 Å². The number of nitrogens with zero attached hydrogens (tertiary/aromatic N) is 1. The van der Waals surface area contributed by atoms with Gasteiger partial charge in [-0.2, -0.15) is 0 Å². The highest BCUT2D eigenvalue weighted by Gasteiger charge is 2.12. The van der Waals surface area contributed by atoms with Crippen molar-refractivity contribution in [2.45, 2.75) is 0 Å². The van der Waals surface area contributed by atoms with Gasteiger partial charge in [-0.05, 0) is 30.3 Å². The quantitative estimate of drug-likeness (QED) is 0.911. The largest absolute Gasteiger partial charge is 0.478 e. The zero-order valence-corrected chi connectivity index (χ0v) is 10.6. The van der Waals surface area contributed by atoms with Gasteiger partial charge in [0.2, 0.25) is 0 Å². The highest BCUT2D eigenvalue weighted by Crippen LogP contribution is 2.21. The predicted octanol–water partition coefficient (Wildman–Crippen LogP) is 3.43. The molecule has 0 aliphatic heterocycles. The summed E-state index contributed by atoms with van der Waals surface area (Å²) in [4.78, 5) is 14.7. The summed E-state index contributed by atoms with van der Waals surface area (Å²) in [7, 11) is 0. The van der Waals surface area contributed by atoms with E-state index in [0.29, 0.717) is 5.69 Å². The number of carbonyl (C=O) groups is 1. The Kier molecular flexibility index (Phi) is 3.57. The number of carboxylic acids is 1. The second kappa shape index (κ2) is 5.14. The molecule has 1 heterocycles. The van der Waals surface area contributed by atoms with E-state index in [1.54, 1.807) is 24.3 Å². The minimum atomic E-state index is -1.23. The van der Waals surface area contributed by atoms with Gasteiger partial charge in [0.25, 0.3) is 0 Å². The van der Waals surface area contributed by atoms with Crippen LogP contribution in [0.3, 0.4) is 0 Å². The fourth-order valence-corrected chi connectivity index (χ4v) is 1.64. The van der Waals surface area contributed by atoms with Crippen LogP contribution in [0.1, 0.15) is 10.4 Å². The van der Waals surface area contributed by atoms with Crippen LogP contribution in [0, 0.1) is 5.82 Å². The van der Waals surface area contributed by atoms with Crippen LogP contribution in [0.2, 0.25) is 0 Å². The number of hydrogen-bond acceptors (Lipinski definition) is 3. The predicted molar refractivity (Wildman–Crippen MR) is 68.6 cm³/mol. The number of carboxylic acid groups (broad SMARTS) is 1. The molecule has 0 spiro atoms. The molecular formula is C12H8BrFN2O2. The zero-order valence-electron chi connectivity index (χ0n) is 9.02. The van der Waals surface area contributed by atoms with E-state index in [2.05, 4.69) is 26.2 Å². The van der Waals surface area contributed by atoms with Crippen molar-refractivity contribution in [3.05, 3.63) is 52.4 Å². The van der Waals surface area contributed by atoms with Gasteiger partial charge in [0.05, 0.1) is 6.20 Å². The monoisotopic (exact) mass is 310 g/mol. The molecule has 0 amide bonds. The maximum absolute atomic E-state index is 12.9. The molecule has 0 bridgehead atoms. The summed E-state index contributed by atoms with van der Waals surface area (Å²) in [6, 6.07) is 8.02. The van der Waals surface area contributed by atoms with Gasteiger partial charge in [0, 0.05) is 10.2 Å². The number of anilines is 2. The Bertz CT molecular complexity index is 587. The Morgan fingerprint density at radius 3 is 2.61 bits per heavy atom. The SMILES string of the molecule is O=C(O)c1cc(F)cnc1Nc1ccc(Br)cc1. The topological polar surface area (TPSA) is 62.2 Å². The van der Waals surface area contributed by atoms with Crippen molar-refractivity contribution < 1.29 is 14.3 Å². The van der Waals surface area contributed by atoms with Gasteiger partial charge < -0.3 is 10.4 Å². The molecule has 0 unspecified atom stereocenters. The van der Waals surface area contributed by atoms with E-state index in [1.165, 1.54) is 0 Å². The van der Waals surface area contributed by atoms with Gasteiger partial charge in [-0.15, -0.1) is 0 Å². The number of hydrogen-bond donors (Lipinski definition) is 2. The summed E-state index contributed by atoms with van der Waals surface area (Å²) in [5, 5.41) is 11.8. The lowest BCUT2D eigenvalue weighted by atomic mass is 10.2. The second-order valence-electron chi connectivity index (χ2n) is 3.49. The minimum absolute atomic E-state index is 0.103. The minimum Gasteiger partial charge on any atom is -0.478 e. The summed E-state index contributed by atoms with van der Waals surface area (Å²) in [5.41, 5.74) is 0.456. The first kappa shape index (κ1) is 12.5. The van der Waals surface area contributed by atoms with Gasteiger partial charge in [0.1, 0.15) is 17.2 Å². The Morgan fingerprint density at radius 2 is 2.00 bits per heavy atom. The van der Waals surface area contributed by atoms with Crippen molar-refractivity contribution >= 4 is 33.4 Å². The maximum Gasteiger partial charge on any atom is 0.339 e. The number of pyridine rings is 1. The smallest absolute Gasteiger partial charge is 0.339 e. The number of aromatic carboxylic acids is 1. The molecule has 2 aromatic rings. The van der Waals surface area contributed by atoms with Crippen LogP contribution in [-0.2, 0) is 0 Å². The first-order valence-corrected chi connectivity index (χ1v) is 5.77. The molecular weight excluding hydrogens is 303 g/mol. The molecule has 0 saturated heterocycles. The average Bonchev–Trinajstić information content (AvgIpc) is 2.34. The first-order chi connectivity index (χ1) is 8.56. The van der Waals surface area contributed by atoms with Crippen molar-refractivity contribution in [1.82, 2.24) is 4.98 Å². The summed E-state index contributed by atoms with van der Waals surface area (Å²) < 4.78 is 13.8. The normalized spacial score (nSPS) is 10.1. The highest BCUT2D eigenvalue weighted by atomic mass is 79.9. The first-order valence-electron chi connectivity index (χ1n) is 4.97. The van der Waals surface area contributed by atoms with Crippen LogP contribution in [0.15, 0.2) is 41.0 Å². The van der Waals surface area contributed by atoms with Crippen LogP contribution in [0.25, 0.3) is 0 Å². The average molecular weight is 311 g/mol. The fraction of sp³-hybridized carbons (Fsp3) is 0. The highest BCUT2D eigenvalue weighted by molar-refractivity contribution is 9.10. The van der Waals surface area contributed by atoms with Crippen molar-refractivity contribution in [2.75, 3.05) is 5.32 Å². The molecule has 6 heteroatoms. The van der Waals surface area contributed by atoms with Crippen LogP contribution < -0.4 is 5.32 Å². The van der Waals surface area contributed by atoms with Crippen molar-refractivity contribution in [3.63, 3.8) is 0 Å². The fourth-order valence-electron chi connectivity index (χ4n) is 1.37. The van der Waals surface area contributed by atoms with E-state index in [1.807, 2.05) is 0 Å². The molecule has 1 aromatic heterocycles. The molecule has 18 heavy (non-hydrogen) atoms. The van der Waals surface area contributed by atoms with E-state index in [4.69, 9.17) is 5.11 Å². The molecule has 0 atom stereocenters. The summed E-state index contributed by atoms with van der Waals surface area (Å²) in [6.45, 7) is 0. The van der Waals surface area contributed by atoms with Crippen LogP contribution in [0.4, 0.5) is 15.9 Å². The molecule has 0 radical (unpaired) electrons. The van der Waals surface area contributed by atoms with Crippen LogP contribution in [-0.4, -0.2) is 16.1 Å². The van der Waals surface area contributed by atoms with Crippen LogP contribution in [0.5, 0.6) is 0 Å². The molecule has 2 rings (SSSR count). The third kappa shape index (κ3) is 2.84. The standard InChI is InChI=1S/C12H8BrFN2O2/c13-7-1-3-9(4-2-7)16-11-10(12(17)18)5-8(14)6-15-11/h1-6H,(H,15,16)(H,17,18). The second-order valence-corrected chi connectivity index (χ2v) is 4.40. The van der Waals surface area contributed by atoms with Gasteiger partial charge in [-0.25, -0.2) is 14.2 Å². The van der Waals surface area contributed by atoms with E-state index in [9.17, 15) is 9.18 Å². The molecule has 1 aromatic carbocycles. The Hall–Kier alpha value is -1.95. The Morgan fingerprint density at radius 1 is 1.33 bits per heavy atom. The third-order valence-corrected chi connectivity index (χ3v) is 2.72. The zero-order chi connectivity index (χ0) is 13.1. The molecule has 0 fully saturated rings. The van der Waals surface area contributed by atoms with E-state index in [-0.39, 0.29) is 11.4 Å². The summed E-state index contributed by atoms with van der Waals surface area (Å²) in [5.74, 6) is -1.82. The lowest BCUT2D eigenvalue weighted by Gasteiger charge is -2.08. The lowest BCUT2D eigenvalue weighted by molar-refractivity contribution is 0.0697. The van der Waals surface area contributed by atoms with E-state index in [0.717, 1.165) is 16.7 Å². The van der Waals surface area contributed by atoms with Crippen molar-refractivity contribution in [1.29, 1.82) is 0 Å². The Balaban J connectivity index is 2.34. The van der Waals surface area contributed by atoms with Crippen molar-refractivity contribution in [3.8, 4) is 0 Å². The number of benzene rings is 1. The van der Waals surface area contributed by atoms with E-state index >= 15 is 0 Å². The number of aromatic nitrogens is 1. The molecule has 0 aliphatic carbocycles. The molecule has 0 aliphatic rings. The third-order valence-electron chi connectivity index (χ3n) is 2.19. The van der Waals surface area contributed by atoms with Gasteiger partial charge in [0.15, 0.2) is 0 Å². The molecule has 2 N–H and O–H groups in total. The van der Waals surface area contributed by atoms with Gasteiger partial charge >= 0.3 is 5.97 Å². The van der Waals surface area contributed by atoms with Crippen molar-refractivity contribution in [2.24, 2.45) is 0 Å². The summed E-state index contributed by atoms with van der Waals surface area (Å²) >= 11 is 3.29. The number of nitrogens with one attached hydrogen (secondary N) is 1. The maximum atomic E-state index is 12.9. The van der Waals surface area contributed by atoms with E-state index < -0.39 is 11.8 Å². The van der Waals surface area contributed by atoms with Crippen LogP contribution >= 0.6 is 15.9 Å². The summed E-state index contributed by atoms with van der Waals surface area (Å²) in [6.07, 6.45) is 0.966.